The largest absolute Gasteiger partial charge is 0.455 e. The van der Waals surface area contributed by atoms with Crippen LogP contribution in [0.1, 0.15) is 0 Å². The molecule has 14 aromatic rings. The van der Waals surface area contributed by atoms with Crippen LogP contribution >= 0.6 is 0 Å². The average molecular weight is 830 g/mol. The van der Waals surface area contributed by atoms with Gasteiger partial charge in [-0.25, -0.2) is 15.0 Å². The number of hydrogen-bond acceptors (Lipinski definition) is 4. The van der Waals surface area contributed by atoms with Crippen molar-refractivity contribution >= 4 is 87.1 Å². The monoisotopic (exact) mass is 829 g/mol. The van der Waals surface area contributed by atoms with Gasteiger partial charge in [-0.05, 0) is 82.2 Å². The number of fused-ring (bicyclic) bond motifs is 11. The van der Waals surface area contributed by atoms with E-state index >= 15 is 0 Å². The molecule has 0 bridgehead atoms. The van der Waals surface area contributed by atoms with Gasteiger partial charge in [-0.3, -0.25) is 0 Å². The van der Waals surface area contributed by atoms with E-state index in [1.165, 1.54) is 21.5 Å². The molecule has 0 radical (unpaired) electrons. The molecule has 6 nitrogen and oxygen atoms in total. The molecule has 0 aliphatic rings. The zero-order valence-electron chi connectivity index (χ0n) is 34.9. The van der Waals surface area contributed by atoms with Crippen LogP contribution in [0.15, 0.2) is 217 Å². The molecule has 0 amide bonds. The lowest BCUT2D eigenvalue weighted by Crippen LogP contribution is -2.03. The quantitative estimate of drug-likeness (QED) is 0.173. The average Bonchev–Trinajstić information content (AvgIpc) is 4.03. The van der Waals surface area contributed by atoms with Crippen LogP contribution in [0.25, 0.3) is 133 Å². The van der Waals surface area contributed by atoms with Crippen molar-refractivity contribution < 1.29 is 4.42 Å². The molecule has 0 unspecified atom stereocenters. The van der Waals surface area contributed by atoms with Crippen LogP contribution in [0.4, 0.5) is 0 Å². The van der Waals surface area contributed by atoms with E-state index in [2.05, 4.69) is 209 Å². The molecule has 0 atom stereocenters. The van der Waals surface area contributed by atoms with Crippen molar-refractivity contribution in [3.63, 3.8) is 0 Å². The molecule has 4 aromatic heterocycles. The van der Waals surface area contributed by atoms with Crippen LogP contribution in [0.2, 0.25) is 0 Å². The Hall–Kier alpha value is -8.87. The number of nitrogens with zero attached hydrogens (tertiary/aromatic N) is 5. The number of para-hydroxylation sites is 5. The third-order valence-corrected chi connectivity index (χ3v) is 13.1. The molecule has 65 heavy (non-hydrogen) atoms. The van der Waals surface area contributed by atoms with Gasteiger partial charge in [-0.15, -0.1) is 0 Å². The highest BCUT2D eigenvalue weighted by Crippen LogP contribution is 2.43. The van der Waals surface area contributed by atoms with E-state index in [-0.39, 0.29) is 0 Å². The Morgan fingerprint density at radius 3 is 1.66 bits per heavy atom. The second-order valence-electron chi connectivity index (χ2n) is 16.8. The van der Waals surface area contributed by atoms with E-state index in [4.69, 9.17) is 19.4 Å². The SMILES string of the molecule is c1ccc(-n2c3ccccc3c3cccc(-c4nc(-c5cccc6ccccc56)nc(-c5cc(-n6c7ccccc7c7cc8ccccc8cc76)cc6c5oc5ccccc56)n4)c32)cc1. The van der Waals surface area contributed by atoms with Gasteiger partial charge in [-0.2, -0.15) is 0 Å². The third-order valence-electron chi connectivity index (χ3n) is 13.1. The molecule has 14 rings (SSSR count). The van der Waals surface area contributed by atoms with Gasteiger partial charge in [0.2, 0.25) is 0 Å². The molecule has 0 N–H and O–H groups in total. The molecule has 0 spiro atoms. The molecule has 6 heteroatoms. The Bertz CT molecular complexity index is 4250. The Morgan fingerprint density at radius 1 is 0.308 bits per heavy atom. The van der Waals surface area contributed by atoms with Crippen molar-refractivity contribution in [2.24, 2.45) is 0 Å². The first-order valence-corrected chi connectivity index (χ1v) is 21.9. The van der Waals surface area contributed by atoms with Gasteiger partial charge >= 0.3 is 0 Å². The summed E-state index contributed by atoms with van der Waals surface area (Å²) in [5, 5.41) is 11.2. The van der Waals surface area contributed by atoms with Crippen molar-refractivity contribution in [2.75, 3.05) is 0 Å². The predicted octanol–water partition coefficient (Wildman–Crippen LogP) is 15.3. The van der Waals surface area contributed by atoms with Crippen LogP contribution in [-0.4, -0.2) is 24.1 Å². The van der Waals surface area contributed by atoms with Crippen LogP contribution in [-0.2, 0) is 0 Å². The Kier molecular flexibility index (Phi) is 7.59. The van der Waals surface area contributed by atoms with Crippen LogP contribution in [0, 0.1) is 0 Å². The van der Waals surface area contributed by atoms with E-state index in [1.807, 2.05) is 12.1 Å². The molecule has 302 valence electrons. The van der Waals surface area contributed by atoms with Gasteiger partial charge in [0.25, 0.3) is 0 Å². The Morgan fingerprint density at radius 2 is 0.862 bits per heavy atom. The summed E-state index contributed by atoms with van der Waals surface area (Å²) >= 11 is 0. The van der Waals surface area contributed by atoms with E-state index in [1.54, 1.807) is 0 Å². The predicted molar refractivity (Wildman–Crippen MR) is 267 cm³/mol. The molecule has 0 saturated carbocycles. The Balaban J connectivity index is 1.11. The number of hydrogen-bond donors (Lipinski definition) is 0. The number of aromatic nitrogens is 5. The van der Waals surface area contributed by atoms with Crippen LogP contribution in [0.5, 0.6) is 0 Å². The minimum absolute atomic E-state index is 0.523. The zero-order valence-corrected chi connectivity index (χ0v) is 34.9. The smallest absolute Gasteiger partial charge is 0.167 e. The first kappa shape index (κ1) is 35.7. The maximum atomic E-state index is 6.88. The second-order valence-corrected chi connectivity index (χ2v) is 16.8. The Labute approximate surface area is 371 Å². The van der Waals surface area contributed by atoms with Crippen molar-refractivity contribution in [3.8, 4) is 45.5 Å². The standard InChI is InChI=1S/C59H35N5O/c1-2-20-39(21-3-1)64-52-30-12-8-23-42(52)45-26-15-28-47(55(45)64)58-60-57(46-27-14-19-36-16-6-7-22-41(36)46)61-59(62-58)50-35-40(34-49-44-25-10-13-31-54(44)65-56(49)50)63-51-29-11-9-24-43(51)48-32-37-17-4-5-18-38(37)33-53(48)63/h1-35H. The van der Waals surface area contributed by atoms with Crippen LogP contribution in [0.3, 0.4) is 0 Å². The summed E-state index contributed by atoms with van der Waals surface area (Å²) in [5.41, 5.74) is 10.6. The number of benzene rings is 10. The summed E-state index contributed by atoms with van der Waals surface area (Å²) in [6, 6.07) is 75.0. The number of rotatable bonds is 5. The van der Waals surface area contributed by atoms with Gasteiger partial charge in [0.1, 0.15) is 11.2 Å². The van der Waals surface area contributed by atoms with Crippen molar-refractivity contribution in [1.82, 2.24) is 24.1 Å². The van der Waals surface area contributed by atoms with E-state index in [0.717, 1.165) is 93.6 Å². The summed E-state index contributed by atoms with van der Waals surface area (Å²) in [6.45, 7) is 0. The highest BCUT2D eigenvalue weighted by molar-refractivity contribution is 6.16. The topological polar surface area (TPSA) is 61.7 Å². The maximum absolute atomic E-state index is 6.88. The maximum Gasteiger partial charge on any atom is 0.167 e. The molecule has 0 aliphatic heterocycles. The molecule has 0 fully saturated rings. The van der Waals surface area contributed by atoms with E-state index in [9.17, 15) is 0 Å². The zero-order chi connectivity index (χ0) is 42.6. The molecule has 10 aromatic carbocycles. The molecular weight excluding hydrogens is 795 g/mol. The van der Waals surface area contributed by atoms with Gasteiger partial charge < -0.3 is 13.6 Å². The minimum Gasteiger partial charge on any atom is -0.455 e. The van der Waals surface area contributed by atoms with E-state index in [0.29, 0.717) is 17.5 Å². The lowest BCUT2D eigenvalue weighted by atomic mass is 10.0. The lowest BCUT2D eigenvalue weighted by Gasteiger charge is -2.14. The van der Waals surface area contributed by atoms with Crippen molar-refractivity contribution in [3.05, 3.63) is 212 Å². The highest BCUT2D eigenvalue weighted by Gasteiger charge is 2.24. The molecule has 0 aliphatic carbocycles. The fourth-order valence-corrected chi connectivity index (χ4v) is 10.2. The number of furan rings is 1. The third kappa shape index (κ3) is 5.38. The van der Waals surface area contributed by atoms with E-state index < -0.39 is 0 Å². The summed E-state index contributed by atoms with van der Waals surface area (Å²) in [6.07, 6.45) is 0. The first-order chi connectivity index (χ1) is 32.2. The summed E-state index contributed by atoms with van der Waals surface area (Å²) in [4.78, 5) is 16.4. The first-order valence-electron chi connectivity index (χ1n) is 21.9. The molecule has 0 saturated heterocycles. The van der Waals surface area contributed by atoms with Crippen LogP contribution < -0.4 is 0 Å². The molecule has 4 heterocycles. The summed E-state index contributed by atoms with van der Waals surface area (Å²) in [5.74, 6) is 1.68. The minimum atomic E-state index is 0.523. The van der Waals surface area contributed by atoms with Gasteiger partial charge in [0.05, 0.1) is 27.6 Å². The van der Waals surface area contributed by atoms with Gasteiger partial charge in [0, 0.05) is 54.8 Å². The molecular formula is C59H35N5O. The van der Waals surface area contributed by atoms with Crippen molar-refractivity contribution in [2.45, 2.75) is 0 Å². The normalized spacial score (nSPS) is 12.0. The summed E-state index contributed by atoms with van der Waals surface area (Å²) < 4.78 is 11.6. The van der Waals surface area contributed by atoms with Crippen molar-refractivity contribution in [1.29, 1.82) is 0 Å². The second kappa shape index (κ2) is 13.8. The fourth-order valence-electron chi connectivity index (χ4n) is 10.2. The lowest BCUT2D eigenvalue weighted by molar-refractivity contribution is 0.669. The fraction of sp³-hybridized carbons (Fsp3) is 0. The van der Waals surface area contributed by atoms with Gasteiger partial charge in [0.15, 0.2) is 17.5 Å². The van der Waals surface area contributed by atoms with Gasteiger partial charge in [-0.1, -0.05) is 152 Å². The summed E-state index contributed by atoms with van der Waals surface area (Å²) in [7, 11) is 0. The highest BCUT2D eigenvalue weighted by atomic mass is 16.3.